The van der Waals surface area contributed by atoms with Gasteiger partial charge < -0.3 is 16.4 Å². The number of nitrogens with two attached hydrogens (primary N) is 1. The molecule has 0 bridgehead atoms. The summed E-state index contributed by atoms with van der Waals surface area (Å²) in [5.41, 5.74) is 6.54. The van der Waals surface area contributed by atoms with Crippen molar-refractivity contribution < 1.29 is 9.18 Å². The average molecular weight is 312 g/mol. The molecule has 0 fully saturated rings. The van der Waals surface area contributed by atoms with Gasteiger partial charge in [-0.15, -0.1) is 24.8 Å². The highest BCUT2D eigenvalue weighted by molar-refractivity contribution is 5.97. The quantitative estimate of drug-likeness (QED) is 0.801. The first kappa shape index (κ1) is 20.3. The lowest BCUT2D eigenvalue weighted by atomic mass is 10.2. The second kappa shape index (κ2) is 8.96. The molecule has 1 atom stereocenters. The molecule has 7 heteroatoms. The first-order valence-electron chi connectivity index (χ1n) is 5.52. The number of hydrogen-bond acceptors (Lipinski definition) is 3. The van der Waals surface area contributed by atoms with Crippen LogP contribution in [0.2, 0.25) is 0 Å². The maximum atomic E-state index is 13.1. The lowest BCUT2D eigenvalue weighted by molar-refractivity contribution is -0.117. The van der Waals surface area contributed by atoms with Gasteiger partial charge in [0.25, 0.3) is 0 Å². The van der Waals surface area contributed by atoms with E-state index in [-0.39, 0.29) is 42.6 Å². The number of anilines is 2. The molecule has 1 amide bonds. The van der Waals surface area contributed by atoms with E-state index in [4.69, 9.17) is 5.73 Å². The summed E-state index contributed by atoms with van der Waals surface area (Å²) >= 11 is 0. The van der Waals surface area contributed by atoms with Crippen LogP contribution < -0.4 is 16.4 Å². The number of carbonyl (C=O) groups is 1. The van der Waals surface area contributed by atoms with Crippen molar-refractivity contribution in [1.82, 2.24) is 0 Å². The molecule has 0 saturated carbocycles. The standard InChI is InChI=1S/C12H18FN3O.2ClH/c1-7(2)15-11-6-9(13)4-5-10(11)16-12(17)8(3)14;;/h4-8,15H,14H2,1-3H3,(H,16,17);2*1H. The number of hydrogen-bond donors (Lipinski definition) is 3. The highest BCUT2D eigenvalue weighted by atomic mass is 35.5. The molecule has 0 aliphatic rings. The van der Waals surface area contributed by atoms with Crippen molar-refractivity contribution in [2.75, 3.05) is 10.6 Å². The summed E-state index contributed by atoms with van der Waals surface area (Å²) < 4.78 is 13.1. The van der Waals surface area contributed by atoms with Gasteiger partial charge in [-0.05, 0) is 39.0 Å². The molecule has 0 aromatic heterocycles. The Morgan fingerprint density at radius 3 is 2.26 bits per heavy atom. The van der Waals surface area contributed by atoms with E-state index < -0.39 is 6.04 Å². The number of benzene rings is 1. The van der Waals surface area contributed by atoms with Crippen molar-refractivity contribution in [3.63, 3.8) is 0 Å². The summed E-state index contributed by atoms with van der Waals surface area (Å²) in [4.78, 5) is 11.5. The summed E-state index contributed by atoms with van der Waals surface area (Å²) in [5, 5.41) is 5.71. The molecule has 1 aromatic carbocycles. The van der Waals surface area contributed by atoms with Crippen LogP contribution in [0, 0.1) is 5.82 Å². The van der Waals surface area contributed by atoms with Gasteiger partial charge in [0.15, 0.2) is 0 Å². The smallest absolute Gasteiger partial charge is 0.241 e. The van der Waals surface area contributed by atoms with Crippen LogP contribution in [0.4, 0.5) is 15.8 Å². The molecule has 110 valence electrons. The molecule has 19 heavy (non-hydrogen) atoms. The van der Waals surface area contributed by atoms with Gasteiger partial charge in [-0.1, -0.05) is 0 Å². The third-order valence-corrected chi connectivity index (χ3v) is 2.10. The maximum Gasteiger partial charge on any atom is 0.241 e. The zero-order chi connectivity index (χ0) is 13.0. The first-order chi connectivity index (χ1) is 7.90. The molecule has 0 saturated heterocycles. The number of amides is 1. The van der Waals surface area contributed by atoms with Crippen LogP contribution in [-0.4, -0.2) is 18.0 Å². The highest BCUT2D eigenvalue weighted by Crippen LogP contribution is 2.23. The molecule has 0 aliphatic carbocycles. The highest BCUT2D eigenvalue weighted by Gasteiger charge is 2.11. The van der Waals surface area contributed by atoms with Crippen molar-refractivity contribution in [2.45, 2.75) is 32.9 Å². The Morgan fingerprint density at radius 1 is 1.21 bits per heavy atom. The van der Waals surface area contributed by atoms with Crippen molar-refractivity contribution in [2.24, 2.45) is 5.73 Å². The van der Waals surface area contributed by atoms with Gasteiger partial charge >= 0.3 is 0 Å². The zero-order valence-corrected chi connectivity index (χ0v) is 12.7. The van der Waals surface area contributed by atoms with E-state index in [9.17, 15) is 9.18 Å². The minimum Gasteiger partial charge on any atom is -0.381 e. The van der Waals surface area contributed by atoms with E-state index in [1.165, 1.54) is 18.2 Å². The fourth-order valence-corrected chi connectivity index (χ4v) is 1.30. The van der Waals surface area contributed by atoms with E-state index in [1.807, 2.05) is 13.8 Å². The molecular weight excluding hydrogens is 292 g/mol. The number of halogens is 3. The topological polar surface area (TPSA) is 67.1 Å². The van der Waals surface area contributed by atoms with Crippen LogP contribution in [-0.2, 0) is 4.79 Å². The van der Waals surface area contributed by atoms with Gasteiger partial charge in [-0.3, -0.25) is 4.79 Å². The Kier molecular flexibility index (Phi) is 9.56. The first-order valence-corrected chi connectivity index (χ1v) is 5.52. The van der Waals surface area contributed by atoms with Crippen molar-refractivity contribution in [1.29, 1.82) is 0 Å². The van der Waals surface area contributed by atoms with Crippen LogP contribution >= 0.6 is 24.8 Å². The Bertz CT molecular complexity index is 414. The van der Waals surface area contributed by atoms with E-state index >= 15 is 0 Å². The summed E-state index contributed by atoms with van der Waals surface area (Å²) in [6, 6.07) is 3.69. The van der Waals surface area contributed by atoms with E-state index in [0.717, 1.165) is 0 Å². The molecule has 4 nitrogen and oxygen atoms in total. The van der Waals surface area contributed by atoms with Crippen molar-refractivity contribution >= 4 is 42.1 Å². The van der Waals surface area contributed by atoms with Crippen LogP contribution in [0.5, 0.6) is 0 Å². The van der Waals surface area contributed by atoms with Crippen molar-refractivity contribution in [3.8, 4) is 0 Å². The number of nitrogens with one attached hydrogen (secondary N) is 2. The lowest BCUT2D eigenvalue weighted by Gasteiger charge is -2.16. The molecule has 1 aromatic rings. The van der Waals surface area contributed by atoms with E-state index in [2.05, 4.69) is 10.6 Å². The van der Waals surface area contributed by atoms with Gasteiger partial charge in [-0.2, -0.15) is 0 Å². The van der Waals surface area contributed by atoms with Crippen LogP contribution in [0.25, 0.3) is 0 Å². The summed E-state index contributed by atoms with van der Waals surface area (Å²) in [5.74, 6) is -0.657. The second-order valence-electron chi connectivity index (χ2n) is 4.27. The fraction of sp³-hybridized carbons (Fsp3) is 0.417. The summed E-state index contributed by atoms with van der Waals surface area (Å²) in [6.07, 6.45) is 0. The monoisotopic (exact) mass is 311 g/mol. The number of carbonyl (C=O) groups excluding carboxylic acids is 1. The maximum absolute atomic E-state index is 13.1. The molecule has 4 N–H and O–H groups in total. The predicted octanol–water partition coefficient (Wildman–Crippen LogP) is 2.78. The predicted molar refractivity (Wildman–Crippen MR) is 81.9 cm³/mol. The summed E-state index contributed by atoms with van der Waals surface area (Å²) in [7, 11) is 0. The SMILES string of the molecule is CC(C)Nc1cc(F)ccc1NC(=O)C(C)N.Cl.Cl. The molecule has 0 radical (unpaired) electrons. The molecule has 0 spiro atoms. The Hall–Kier alpha value is -1.04. The largest absolute Gasteiger partial charge is 0.381 e. The molecule has 0 aliphatic heterocycles. The average Bonchev–Trinajstić information content (AvgIpc) is 2.20. The number of rotatable bonds is 4. The van der Waals surface area contributed by atoms with Gasteiger partial charge in [0.2, 0.25) is 5.91 Å². The Labute approximate surface area is 125 Å². The van der Waals surface area contributed by atoms with Gasteiger partial charge in [0.05, 0.1) is 17.4 Å². The lowest BCUT2D eigenvalue weighted by Crippen LogP contribution is -2.32. The molecule has 0 heterocycles. The zero-order valence-electron chi connectivity index (χ0n) is 11.1. The Balaban J connectivity index is 0. The third kappa shape index (κ3) is 6.61. The second-order valence-corrected chi connectivity index (χ2v) is 4.27. The van der Waals surface area contributed by atoms with Crippen molar-refractivity contribution in [3.05, 3.63) is 24.0 Å². The van der Waals surface area contributed by atoms with Crippen LogP contribution in [0.1, 0.15) is 20.8 Å². The van der Waals surface area contributed by atoms with Crippen LogP contribution in [0.15, 0.2) is 18.2 Å². The molecule has 1 rings (SSSR count). The van der Waals surface area contributed by atoms with Gasteiger partial charge in [-0.25, -0.2) is 4.39 Å². The van der Waals surface area contributed by atoms with E-state index in [1.54, 1.807) is 6.92 Å². The Morgan fingerprint density at radius 2 is 1.79 bits per heavy atom. The minimum atomic E-state index is -0.605. The minimum absolute atomic E-state index is 0. The van der Waals surface area contributed by atoms with E-state index in [0.29, 0.717) is 11.4 Å². The molecule has 1 unspecified atom stereocenters. The van der Waals surface area contributed by atoms with Gasteiger partial charge in [0, 0.05) is 6.04 Å². The van der Waals surface area contributed by atoms with Gasteiger partial charge in [0.1, 0.15) is 5.82 Å². The van der Waals surface area contributed by atoms with Crippen LogP contribution in [0.3, 0.4) is 0 Å². The third-order valence-electron chi connectivity index (χ3n) is 2.10. The normalized spacial score (nSPS) is 11.1. The fourth-order valence-electron chi connectivity index (χ4n) is 1.30. The summed E-state index contributed by atoms with van der Waals surface area (Å²) in [6.45, 7) is 5.46. The molecular formula is C12H20Cl2FN3O.